The second kappa shape index (κ2) is 5.15. The van der Waals surface area contributed by atoms with E-state index in [1.54, 1.807) is 16.4 Å². The highest BCUT2D eigenvalue weighted by atomic mass is 32.2. The van der Waals surface area contributed by atoms with Gasteiger partial charge < -0.3 is 0 Å². The summed E-state index contributed by atoms with van der Waals surface area (Å²) in [5.74, 6) is 1.07. The SMILES string of the molecule is CCC(C)c1ccc(S(=O)(=O)N2CC3CCC2C3)cc1. The lowest BCUT2D eigenvalue weighted by Crippen LogP contribution is -2.37. The van der Waals surface area contributed by atoms with Crippen LogP contribution in [0.5, 0.6) is 0 Å². The van der Waals surface area contributed by atoms with Crippen LogP contribution in [0.4, 0.5) is 0 Å². The molecular weight excluding hydrogens is 270 g/mol. The predicted octanol–water partition coefficient (Wildman–Crippen LogP) is 3.37. The molecule has 0 amide bonds. The molecule has 1 saturated heterocycles. The van der Waals surface area contributed by atoms with Gasteiger partial charge in [0, 0.05) is 12.6 Å². The van der Waals surface area contributed by atoms with Crippen LogP contribution in [0.3, 0.4) is 0 Å². The first kappa shape index (κ1) is 14.1. The highest BCUT2D eigenvalue weighted by Gasteiger charge is 2.44. The van der Waals surface area contributed by atoms with Crippen molar-refractivity contribution >= 4 is 10.0 Å². The lowest BCUT2D eigenvalue weighted by atomic mass is 9.99. The number of rotatable bonds is 4. The molecule has 3 atom stereocenters. The second-order valence-corrected chi connectivity index (χ2v) is 8.18. The number of hydrogen-bond acceptors (Lipinski definition) is 2. The van der Waals surface area contributed by atoms with E-state index < -0.39 is 10.0 Å². The van der Waals surface area contributed by atoms with Crippen molar-refractivity contribution in [2.45, 2.75) is 56.4 Å². The first-order valence-electron chi connectivity index (χ1n) is 7.64. The molecule has 1 aliphatic heterocycles. The topological polar surface area (TPSA) is 37.4 Å². The third-order valence-electron chi connectivity index (χ3n) is 5.03. The van der Waals surface area contributed by atoms with Crippen LogP contribution in [-0.2, 0) is 10.0 Å². The molecule has 2 fully saturated rings. The van der Waals surface area contributed by atoms with Crippen molar-refractivity contribution in [2.75, 3.05) is 6.54 Å². The molecule has 1 saturated carbocycles. The number of nitrogens with zero attached hydrogens (tertiary/aromatic N) is 1. The Balaban J connectivity index is 1.84. The molecule has 0 aromatic heterocycles. The van der Waals surface area contributed by atoms with Crippen molar-refractivity contribution in [1.29, 1.82) is 0 Å². The summed E-state index contributed by atoms with van der Waals surface area (Å²) in [7, 11) is -3.29. The number of benzene rings is 1. The van der Waals surface area contributed by atoms with Crippen LogP contribution in [-0.4, -0.2) is 25.3 Å². The zero-order chi connectivity index (χ0) is 14.3. The van der Waals surface area contributed by atoms with Gasteiger partial charge in [0.05, 0.1) is 4.90 Å². The van der Waals surface area contributed by atoms with Crippen molar-refractivity contribution in [3.8, 4) is 0 Å². The van der Waals surface area contributed by atoms with Crippen LogP contribution in [0, 0.1) is 5.92 Å². The van der Waals surface area contributed by atoms with Crippen LogP contribution in [0.1, 0.15) is 51.0 Å². The van der Waals surface area contributed by atoms with Crippen LogP contribution >= 0.6 is 0 Å². The summed E-state index contributed by atoms with van der Waals surface area (Å²) in [4.78, 5) is 0.456. The highest BCUT2D eigenvalue weighted by molar-refractivity contribution is 7.89. The fourth-order valence-electron chi connectivity index (χ4n) is 3.51. The van der Waals surface area contributed by atoms with E-state index in [9.17, 15) is 8.42 Å². The summed E-state index contributed by atoms with van der Waals surface area (Å²) in [6, 6.07) is 7.75. The van der Waals surface area contributed by atoms with Gasteiger partial charge in [0.15, 0.2) is 0 Å². The van der Waals surface area contributed by atoms with E-state index >= 15 is 0 Å². The Morgan fingerprint density at radius 2 is 1.95 bits per heavy atom. The number of hydrogen-bond donors (Lipinski definition) is 0. The number of sulfonamides is 1. The molecule has 3 nitrogen and oxygen atoms in total. The van der Waals surface area contributed by atoms with Crippen molar-refractivity contribution < 1.29 is 8.42 Å². The molecule has 2 bridgehead atoms. The van der Waals surface area contributed by atoms with Crippen LogP contribution in [0.15, 0.2) is 29.2 Å². The fraction of sp³-hybridized carbons (Fsp3) is 0.625. The van der Waals surface area contributed by atoms with Gasteiger partial charge in [-0.25, -0.2) is 8.42 Å². The third-order valence-corrected chi connectivity index (χ3v) is 6.96. The van der Waals surface area contributed by atoms with Gasteiger partial charge in [-0.15, -0.1) is 0 Å². The predicted molar refractivity (Wildman–Crippen MR) is 80.2 cm³/mol. The molecule has 3 rings (SSSR count). The van der Waals surface area contributed by atoms with Gasteiger partial charge in [-0.05, 0) is 55.2 Å². The fourth-order valence-corrected chi connectivity index (χ4v) is 5.26. The third kappa shape index (κ3) is 2.29. The molecule has 1 heterocycles. The van der Waals surface area contributed by atoms with E-state index in [4.69, 9.17) is 0 Å². The summed E-state index contributed by atoms with van der Waals surface area (Å²) in [6.45, 7) is 5.04. The van der Waals surface area contributed by atoms with Gasteiger partial charge in [0.25, 0.3) is 0 Å². The van der Waals surface area contributed by atoms with E-state index in [1.165, 1.54) is 12.0 Å². The lowest BCUT2D eigenvalue weighted by molar-refractivity contribution is 0.333. The average Bonchev–Trinajstić information content (AvgIpc) is 3.09. The standard InChI is InChI=1S/C16H23NO2S/c1-3-12(2)14-5-8-16(9-6-14)20(18,19)17-11-13-4-7-15(17)10-13/h5-6,8-9,12-13,15H,3-4,7,10-11H2,1-2H3. The van der Waals surface area contributed by atoms with Crippen LogP contribution in [0.25, 0.3) is 0 Å². The van der Waals surface area contributed by atoms with Crippen LogP contribution in [0.2, 0.25) is 0 Å². The first-order valence-corrected chi connectivity index (χ1v) is 9.08. The Kier molecular flexibility index (Phi) is 3.63. The molecule has 1 aromatic rings. The molecule has 1 aliphatic carbocycles. The molecule has 4 heteroatoms. The maximum absolute atomic E-state index is 12.7. The van der Waals surface area contributed by atoms with Crippen molar-refractivity contribution in [2.24, 2.45) is 5.92 Å². The van der Waals surface area contributed by atoms with Gasteiger partial charge in [0.1, 0.15) is 0 Å². The summed E-state index contributed by atoms with van der Waals surface area (Å²) < 4.78 is 27.1. The van der Waals surface area contributed by atoms with Crippen LogP contribution < -0.4 is 0 Å². The lowest BCUT2D eigenvalue weighted by Gasteiger charge is -2.26. The van der Waals surface area contributed by atoms with E-state index in [0.29, 0.717) is 16.7 Å². The summed E-state index contributed by atoms with van der Waals surface area (Å²) in [5.41, 5.74) is 1.22. The Bertz CT molecular complexity index is 579. The van der Waals surface area contributed by atoms with Crippen molar-refractivity contribution in [3.05, 3.63) is 29.8 Å². The zero-order valence-electron chi connectivity index (χ0n) is 12.2. The number of fused-ring (bicyclic) bond motifs is 2. The monoisotopic (exact) mass is 293 g/mol. The molecular formula is C16H23NO2S. The van der Waals surface area contributed by atoms with Gasteiger partial charge in [-0.2, -0.15) is 4.31 Å². The van der Waals surface area contributed by atoms with Gasteiger partial charge in [0.2, 0.25) is 10.0 Å². The maximum atomic E-state index is 12.7. The molecule has 0 radical (unpaired) electrons. The Morgan fingerprint density at radius 3 is 2.45 bits per heavy atom. The number of piperidine rings is 1. The molecule has 110 valence electrons. The molecule has 3 unspecified atom stereocenters. The maximum Gasteiger partial charge on any atom is 0.243 e. The first-order chi connectivity index (χ1) is 9.52. The van der Waals surface area contributed by atoms with Crippen molar-refractivity contribution in [1.82, 2.24) is 4.31 Å². The molecule has 2 aliphatic rings. The van der Waals surface area contributed by atoms with Gasteiger partial charge in [-0.1, -0.05) is 26.0 Å². The molecule has 0 spiro atoms. The Morgan fingerprint density at radius 1 is 1.25 bits per heavy atom. The summed E-state index contributed by atoms with van der Waals surface area (Å²) in [5, 5.41) is 0. The molecule has 1 aromatic carbocycles. The minimum absolute atomic E-state index is 0.249. The second-order valence-electron chi connectivity index (χ2n) is 6.29. The van der Waals surface area contributed by atoms with E-state index in [-0.39, 0.29) is 6.04 Å². The summed E-state index contributed by atoms with van der Waals surface area (Å²) >= 11 is 0. The van der Waals surface area contributed by atoms with Gasteiger partial charge in [-0.3, -0.25) is 0 Å². The molecule has 20 heavy (non-hydrogen) atoms. The van der Waals surface area contributed by atoms with E-state index in [1.807, 2.05) is 12.1 Å². The zero-order valence-corrected chi connectivity index (χ0v) is 13.1. The smallest absolute Gasteiger partial charge is 0.207 e. The minimum atomic E-state index is -3.29. The minimum Gasteiger partial charge on any atom is -0.207 e. The average molecular weight is 293 g/mol. The highest BCUT2D eigenvalue weighted by Crippen LogP contribution is 2.40. The van der Waals surface area contributed by atoms with Crippen molar-refractivity contribution in [3.63, 3.8) is 0 Å². The van der Waals surface area contributed by atoms with Gasteiger partial charge >= 0.3 is 0 Å². The quantitative estimate of drug-likeness (QED) is 0.853. The normalized spacial score (nSPS) is 27.9. The Labute approximate surface area is 122 Å². The largest absolute Gasteiger partial charge is 0.243 e. The molecule has 0 N–H and O–H groups in total. The van der Waals surface area contributed by atoms with E-state index in [0.717, 1.165) is 25.8 Å². The summed E-state index contributed by atoms with van der Waals surface area (Å²) in [6.07, 6.45) is 4.37. The van der Waals surface area contributed by atoms with E-state index in [2.05, 4.69) is 13.8 Å². The Hall–Kier alpha value is -0.870.